The predicted octanol–water partition coefficient (Wildman–Crippen LogP) is 0.865. The lowest BCUT2D eigenvalue weighted by molar-refractivity contribution is -0.130. The number of piperazine rings is 1. The molecule has 0 aromatic rings. The van der Waals surface area contributed by atoms with Gasteiger partial charge in [0, 0.05) is 72.4 Å². The van der Waals surface area contributed by atoms with Crippen LogP contribution in [0.5, 0.6) is 0 Å². The zero-order valence-corrected chi connectivity index (χ0v) is 17.2. The highest BCUT2D eigenvalue weighted by Gasteiger charge is 2.25. The number of rotatable bonds is 5. The van der Waals surface area contributed by atoms with Crippen LogP contribution in [0.15, 0.2) is 4.99 Å². The SMILES string of the molecule is CCNC(=NCC1CCN(C(C)=O)CC1)N1CCN(CC2CCOC2)CC1. The fourth-order valence-electron chi connectivity index (χ4n) is 4.31. The average molecular weight is 380 g/mol. The van der Waals surface area contributed by atoms with Crippen LogP contribution in [0, 0.1) is 11.8 Å². The Morgan fingerprint density at radius 2 is 1.78 bits per heavy atom. The van der Waals surface area contributed by atoms with Gasteiger partial charge in [-0.15, -0.1) is 0 Å². The highest BCUT2D eigenvalue weighted by Crippen LogP contribution is 2.18. The molecule has 7 heteroatoms. The second kappa shape index (κ2) is 10.3. The molecule has 0 bridgehead atoms. The molecule has 3 fully saturated rings. The maximum atomic E-state index is 11.5. The van der Waals surface area contributed by atoms with Crippen LogP contribution in [0.2, 0.25) is 0 Å². The van der Waals surface area contributed by atoms with Gasteiger partial charge in [-0.3, -0.25) is 14.7 Å². The van der Waals surface area contributed by atoms with Gasteiger partial charge in [0.05, 0.1) is 6.61 Å². The Bertz CT molecular complexity index is 491. The number of likely N-dealkylation sites (tertiary alicyclic amines) is 1. The van der Waals surface area contributed by atoms with Gasteiger partial charge in [0.15, 0.2) is 5.96 Å². The third kappa shape index (κ3) is 6.07. The summed E-state index contributed by atoms with van der Waals surface area (Å²) in [4.78, 5) is 23.4. The van der Waals surface area contributed by atoms with Crippen LogP contribution in [-0.4, -0.2) is 98.7 Å². The van der Waals surface area contributed by atoms with Gasteiger partial charge in [-0.05, 0) is 38.0 Å². The molecule has 1 amide bonds. The van der Waals surface area contributed by atoms with Crippen molar-refractivity contribution in [3.8, 4) is 0 Å². The molecule has 154 valence electrons. The number of ether oxygens (including phenoxy) is 1. The number of piperidine rings is 1. The molecule has 0 aromatic carbocycles. The van der Waals surface area contributed by atoms with Crippen molar-refractivity contribution in [2.24, 2.45) is 16.8 Å². The van der Waals surface area contributed by atoms with Crippen LogP contribution in [0.25, 0.3) is 0 Å². The number of hydrogen-bond donors (Lipinski definition) is 1. The number of carbonyl (C=O) groups excluding carboxylic acids is 1. The van der Waals surface area contributed by atoms with Crippen molar-refractivity contribution < 1.29 is 9.53 Å². The Balaban J connectivity index is 1.44. The van der Waals surface area contributed by atoms with Crippen molar-refractivity contribution in [3.05, 3.63) is 0 Å². The summed E-state index contributed by atoms with van der Waals surface area (Å²) in [7, 11) is 0. The molecule has 0 aromatic heterocycles. The van der Waals surface area contributed by atoms with Crippen molar-refractivity contribution in [1.82, 2.24) is 20.0 Å². The fourth-order valence-corrected chi connectivity index (χ4v) is 4.31. The van der Waals surface area contributed by atoms with Crippen LogP contribution >= 0.6 is 0 Å². The van der Waals surface area contributed by atoms with Crippen LogP contribution in [0.4, 0.5) is 0 Å². The lowest BCUT2D eigenvalue weighted by Gasteiger charge is -2.37. The lowest BCUT2D eigenvalue weighted by Crippen LogP contribution is -2.53. The highest BCUT2D eigenvalue weighted by atomic mass is 16.5. The maximum absolute atomic E-state index is 11.5. The van der Waals surface area contributed by atoms with Crippen molar-refractivity contribution in [1.29, 1.82) is 0 Å². The molecule has 0 spiro atoms. The second-order valence-electron chi connectivity index (χ2n) is 8.16. The Kier molecular flexibility index (Phi) is 7.76. The van der Waals surface area contributed by atoms with Gasteiger partial charge < -0.3 is 19.9 Å². The van der Waals surface area contributed by atoms with Gasteiger partial charge in [0.2, 0.25) is 5.91 Å². The Hall–Kier alpha value is -1.34. The minimum atomic E-state index is 0.201. The molecule has 0 radical (unpaired) electrons. The summed E-state index contributed by atoms with van der Waals surface area (Å²) in [6.45, 7) is 14.7. The summed E-state index contributed by atoms with van der Waals surface area (Å²) >= 11 is 0. The van der Waals surface area contributed by atoms with E-state index in [1.165, 1.54) is 13.0 Å². The van der Waals surface area contributed by atoms with Crippen LogP contribution in [-0.2, 0) is 9.53 Å². The molecule has 0 aliphatic carbocycles. The first-order valence-corrected chi connectivity index (χ1v) is 10.7. The van der Waals surface area contributed by atoms with E-state index in [9.17, 15) is 4.79 Å². The third-order valence-electron chi connectivity index (χ3n) is 6.11. The second-order valence-corrected chi connectivity index (χ2v) is 8.16. The smallest absolute Gasteiger partial charge is 0.219 e. The molecule has 27 heavy (non-hydrogen) atoms. The number of nitrogens with one attached hydrogen (secondary N) is 1. The molecule has 3 aliphatic rings. The van der Waals surface area contributed by atoms with E-state index >= 15 is 0 Å². The van der Waals surface area contributed by atoms with E-state index in [0.29, 0.717) is 5.92 Å². The quantitative estimate of drug-likeness (QED) is 0.567. The number of carbonyl (C=O) groups is 1. The molecule has 1 unspecified atom stereocenters. The van der Waals surface area contributed by atoms with Crippen LogP contribution in [0.3, 0.4) is 0 Å². The molecule has 1 atom stereocenters. The number of amides is 1. The summed E-state index contributed by atoms with van der Waals surface area (Å²) in [5.74, 6) is 2.58. The summed E-state index contributed by atoms with van der Waals surface area (Å²) in [5.41, 5.74) is 0. The standard InChI is InChI=1S/C20H37N5O2/c1-3-21-20(22-14-18-4-7-24(8-5-18)17(2)26)25-11-9-23(10-12-25)15-19-6-13-27-16-19/h18-19H,3-16H2,1-2H3,(H,21,22). The molecular weight excluding hydrogens is 342 g/mol. The monoisotopic (exact) mass is 379 g/mol. The molecule has 1 N–H and O–H groups in total. The normalized spacial score (nSPS) is 25.9. The average Bonchev–Trinajstić information content (AvgIpc) is 3.19. The Morgan fingerprint density at radius 1 is 1.04 bits per heavy atom. The third-order valence-corrected chi connectivity index (χ3v) is 6.11. The number of hydrogen-bond acceptors (Lipinski definition) is 4. The minimum absolute atomic E-state index is 0.201. The number of nitrogens with zero attached hydrogens (tertiary/aromatic N) is 4. The molecule has 3 aliphatic heterocycles. The lowest BCUT2D eigenvalue weighted by atomic mass is 9.97. The van der Waals surface area contributed by atoms with Gasteiger partial charge in [-0.25, -0.2) is 0 Å². The van der Waals surface area contributed by atoms with E-state index in [1.807, 2.05) is 4.90 Å². The van der Waals surface area contributed by atoms with Gasteiger partial charge in [0.25, 0.3) is 0 Å². The summed E-state index contributed by atoms with van der Waals surface area (Å²) in [6, 6.07) is 0. The predicted molar refractivity (Wildman–Crippen MR) is 108 cm³/mol. The summed E-state index contributed by atoms with van der Waals surface area (Å²) in [6.07, 6.45) is 3.35. The van der Waals surface area contributed by atoms with Gasteiger partial charge in [-0.1, -0.05) is 0 Å². The molecule has 0 saturated carbocycles. The van der Waals surface area contributed by atoms with Gasteiger partial charge >= 0.3 is 0 Å². The van der Waals surface area contributed by atoms with E-state index < -0.39 is 0 Å². The van der Waals surface area contributed by atoms with Crippen LogP contribution in [0.1, 0.15) is 33.1 Å². The largest absolute Gasteiger partial charge is 0.381 e. The van der Waals surface area contributed by atoms with Crippen molar-refractivity contribution >= 4 is 11.9 Å². The van der Waals surface area contributed by atoms with Crippen molar-refractivity contribution in [2.45, 2.75) is 33.1 Å². The zero-order valence-electron chi connectivity index (χ0n) is 17.2. The first kappa shape index (κ1) is 20.4. The van der Waals surface area contributed by atoms with Gasteiger partial charge in [0.1, 0.15) is 0 Å². The first-order valence-electron chi connectivity index (χ1n) is 10.7. The molecule has 3 heterocycles. The van der Waals surface area contributed by atoms with E-state index in [-0.39, 0.29) is 5.91 Å². The van der Waals surface area contributed by atoms with Gasteiger partial charge in [-0.2, -0.15) is 0 Å². The summed E-state index contributed by atoms with van der Waals surface area (Å²) < 4.78 is 5.51. The van der Waals surface area contributed by atoms with Crippen molar-refractivity contribution in [2.75, 3.05) is 72.1 Å². The van der Waals surface area contributed by atoms with E-state index in [0.717, 1.165) is 90.3 Å². The van der Waals surface area contributed by atoms with Crippen molar-refractivity contribution in [3.63, 3.8) is 0 Å². The first-order chi connectivity index (χ1) is 13.2. The van der Waals surface area contributed by atoms with Crippen LogP contribution < -0.4 is 5.32 Å². The van der Waals surface area contributed by atoms with E-state index in [2.05, 4.69) is 22.0 Å². The summed E-state index contributed by atoms with van der Waals surface area (Å²) in [5, 5.41) is 3.48. The Labute approximate surface area is 164 Å². The maximum Gasteiger partial charge on any atom is 0.219 e. The molecular formula is C20H37N5O2. The zero-order chi connectivity index (χ0) is 19.1. The van der Waals surface area contributed by atoms with E-state index in [4.69, 9.17) is 9.73 Å². The molecule has 3 rings (SSSR count). The fraction of sp³-hybridized carbons (Fsp3) is 0.900. The minimum Gasteiger partial charge on any atom is -0.381 e. The van der Waals surface area contributed by atoms with E-state index in [1.54, 1.807) is 6.92 Å². The highest BCUT2D eigenvalue weighted by molar-refractivity contribution is 5.80. The number of guanidine groups is 1. The number of aliphatic imine (C=N–C) groups is 1. The Morgan fingerprint density at radius 3 is 2.37 bits per heavy atom. The topological polar surface area (TPSA) is 60.4 Å². The molecule has 3 saturated heterocycles. The molecule has 7 nitrogen and oxygen atoms in total.